The van der Waals surface area contributed by atoms with Crippen LogP contribution in [0.25, 0.3) is 21.8 Å². The number of aromatic nitrogens is 4. The number of carbonyl (C=O) groups is 1. The van der Waals surface area contributed by atoms with Crippen molar-refractivity contribution in [3.63, 3.8) is 0 Å². The second kappa shape index (κ2) is 24.0. The molecule has 4 N–H and O–H groups in total. The Labute approximate surface area is 419 Å². The Bertz CT molecular complexity index is 2930. The van der Waals surface area contributed by atoms with Crippen LogP contribution >= 0.6 is 23.2 Å². The van der Waals surface area contributed by atoms with Crippen molar-refractivity contribution < 1.29 is 50.4 Å². The number of nitrogens with one attached hydrogen (secondary N) is 4. The molecule has 2 aliphatic heterocycles. The lowest BCUT2D eigenvalue weighted by atomic mass is 9.93. The maximum atomic E-state index is 13.6. The van der Waals surface area contributed by atoms with Gasteiger partial charge in [-0.2, -0.15) is 17.4 Å². The minimum absolute atomic E-state index is 0.00175. The zero-order valence-electron chi connectivity index (χ0n) is 38.9. The smallest absolute Gasteiger partial charge is 0.279 e. The lowest BCUT2D eigenvalue weighted by Crippen LogP contribution is -2.50. The number of nitrogens with zero attached hydrogens (tertiary/aromatic N) is 5. The second-order valence-corrected chi connectivity index (χ2v) is 19.3. The van der Waals surface area contributed by atoms with Gasteiger partial charge in [0, 0.05) is 73.2 Å². The maximum absolute atomic E-state index is 13.6. The summed E-state index contributed by atoms with van der Waals surface area (Å²) in [5.41, 5.74) is 2.44. The Hall–Kier alpha value is -5.94. The number of benzene rings is 4. The molecule has 0 radical (unpaired) electrons. The molecule has 378 valence electrons. The second-order valence-electron chi connectivity index (χ2n) is 16.8. The highest BCUT2D eigenvalue weighted by molar-refractivity contribution is 7.87. The summed E-state index contributed by atoms with van der Waals surface area (Å²) in [6, 6.07) is 15.7. The SMILES string of the molecule is CC(=O)NCCOc1cc2ncnc(Nc3ccc(F)c(Cl)c3)c2cc1OC1CCOCC1.COc1cc2ncnc(Nc3ccc(F)c(Cl)c3)c2cc1O[C@H]1CC[C@H](NS(=O)(=O)N2CCOCC2)CC1. The summed E-state index contributed by atoms with van der Waals surface area (Å²) >= 11 is 11.8. The molecule has 3 aliphatic rings. The molecule has 0 bridgehead atoms. The van der Waals surface area contributed by atoms with Crippen LogP contribution in [0.1, 0.15) is 45.4 Å². The number of hydrogen-bond acceptors (Lipinski definition) is 15. The van der Waals surface area contributed by atoms with Crippen LogP contribution in [-0.4, -0.2) is 117 Å². The number of amides is 1. The van der Waals surface area contributed by atoms with Crippen LogP contribution in [0.2, 0.25) is 10.0 Å². The van der Waals surface area contributed by atoms with Gasteiger partial charge in [-0.25, -0.2) is 28.7 Å². The van der Waals surface area contributed by atoms with Gasteiger partial charge in [-0.15, -0.1) is 0 Å². The fraction of sp³-hybridized carbons (Fsp3) is 0.396. The number of halogens is 4. The molecular weight excluding hydrogens is 988 g/mol. The van der Waals surface area contributed by atoms with Gasteiger partial charge in [0.2, 0.25) is 5.91 Å². The summed E-state index contributed by atoms with van der Waals surface area (Å²) in [6.45, 7) is 4.93. The maximum Gasteiger partial charge on any atom is 0.279 e. The number of morpholine rings is 1. The van der Waals surface area contributed by atoms with E-state index in [9.17, 15) is 22.0 Å². The molecule has 23 heteroatoms. The average Bonchev–Trinajstić information content (AvgIpc) is 3.36. The van der Waals surface area contributed by atoms with E-state index in [1.165, 1.54) is 48.1 Å². The average molecular weight is 1040 g/mol. The van der Waals surface area contributed by atoms with E-state index in [2.05, 4.69) is 40.6 Å². The molecule has 1 aliphatic carbocycles. The van der Waals surface area contributed by atoms with Crippen LogP contribution in [0.15, 0.2) is 73.3 Å². The van der Waals surface area contributed by atoms with E-state index in [1.54, 1.807) is 31.4 Å². The van der Waals surface area contributed by atoms with Crippen LogP contribution in [0.3, 0.4) is 0 Å². The van der Waals surface area contributed by atoms with Crippen LogP contribution in [-0.2, 0) is 24.5 Å². The van der Waals surface area contributed by atoms with E-state index >= 15 is 0 Å². The number of carbonyl (C=O) groups excluding carboxylic acids is 1. The van der Waals surface area contributed by atoms with Crippen molar-refractivity contribution in [3.05, 3.63) is 95.0 Å². The molecule has 6 aromatic rings. The third kappa shape index (κ3) is 13.7. The van der Waals surface area contributed by atoms with Gasteiger partial charge in [0.15, 0.2) is 23.0 Å². The van der Waals surface area contributed by atoms with Gasteiger partial charge < -0.3 is 44.4 Å². The third-order valence-electron chi connectivity index (χ3n) is 11.8. The minimum Gasteiger partial charge on any atom is -0.493 e. The Morgan fingerprint density at radius 3 is 1.76 bits per heavy atom. The van der Waals surface area contributed by atoms with Gasteiger partial charge in [0.25, 0.3) is 10.2 Å². The van der Waals surface area contributed by atoms with Crippen molar-refractivity contribution in [2.75, 3.05) is 70.4 Å². The Morgan fingerprint density at radius 2 is 1.23 bits per heavy atom. The standard InChI is InChI=1S/C25H29ClFN5O5S.C23H24ClFN4O4/c1-35-23-14-22-19(25(29-15-28-22)30-17-4-7-21(27)20(26)12-17)13-24(23)37-18-5-2-16(3-6-18)31-38(33,34)32-8-10-36-11-9-32;1-14(30)26-6-9-32-21-12-20-17(11-22(21)33-16-4-7-31-8-5-16)23(28-13-27-20)29-15-2-3-19(25)18(24)10-15/h4,7,12-16,18,31H,2-3,5-6,8-11H2,1H3,(H,28,29,30);2-3,10-13,16H,4-9H2,1H3,(H,26,30)(H,27,28,29)/t16-,18-;. The monoisotopic (exact) mass is 1040 g/mol. The van der Waals surface area contributed by atoms with Crippen molar-refractivity contribution in [2.45, 2.75) is 63.7 Å². The predicted octanol–water partition coefficient (Wildman–Crippen LogP) is 8.27. The first-order valence-corrected chi connectivity index (χ1v) is 25.2. The summed E-state index contributed by atoms with van der Waals surface area (Å²) in [5, 5.41) is 10.4. The Balaban J connectivity index is 0.000000192. The summed E-state index contributed by atoms with van der Waals surface area (Å²) in [5.74, 6) is 2.03. The number of hydrogen-bond donors (Lipinski definition) is 4. The van der Waals surface area contributed by atoms with E-state index in [1.807, 2.05) is 12.1 Å². The van der Waals surface area contributed by atoms with E-state index in [0.29, 0.717) is 140 Å². The Kier molecular flexibility index (Phi) is 17.4. The molecule has 9 rings (SSSR count). The van der Waals surface area contributed by atoms with Gasteiger partial charge in [0.1, 0.15) is 48.6 Å². The quantitative estimate of drug-likeness (QED) is 0.0673. The molecule has 4 heterocycles. The fourth-order valence-corrected chi connectivity index (χ4v) is 9.91. The summed E-state index contributed by atoms with van der Waals surface area (Å²) in [6.07, 6.45) is 6.96. The zero-order valence-corrected chi connectivity index (χ0v) is 41.2. The van der Waals surface area contributed by atoms with Crippen LogP contribution < -0.4 is 39.6 Å². The number of fused-ring (bicyclic) bond motifs is 2. The molecule has 0 atom stereocenters. The first-order chi connectivity index (χ1) is 34.3. The topological polar surface area (TPSA) is 210 Å². The molecule has 4 aromatic carbocycles. The van der Waals surface area contributed by atoms with Crippen molar-refractivity contribution in [1.29, 1.82) is 0 Å². The molecular formula is C48H53Cl2F2N9O9S. The van der Waals surface area contributed by atoms with Gasteiger partial charge in [-0.05, 0) is 74.2 Å². The molecule has 3 fully saturated rings. The number of ether oxygens (including phenoxy) is 6. The van der Waals surface area contributed by atoms with E-state index in [4.69, 9.17) is 51.6 Å². The van der Waals surface area contributed by atoms with E-state index in [0.717, 1.165) is 12.8 Å². The van der Waals surface area contributed by atoms with Gasteiger partial charge in [-0.1, -0.05) is 23.2 Å². The van der Waals surface area contributed by atoms with Crippen molar-refractivity contribution in [2.24, 2.45) is 0 Å². The van der Waals surface area contributed by atoms with Gasteiger partial charge >= 0.3 is 0 Å². The molecule has 0 unspecified atom stereocenters. The van der Waals surface area contributed by atoms with Crippen molar-refractivity contribution in [1.82, 2.24) is 34.3 Å². The summed E-state index contributed by atoms with van der Waals surface area (Å²) in [7, 11) is -1.98. The normalized spacial score (nSPS) is 17.7. The number of methoxy groups -OCH3 is 1. The van der Waals surface area contributed by atoms with E-state index < -0.39 is 21.8 Å². The summed E-state index contributed by atoms with van der Waals surface area (Å²) < 4.78 is 91.6. The minimum atomic E-state index is -3.54. The van der Waals surface area contributed by atoms with Gasteiger partial charge in [0.05, 0.1) is 67.3 Å². The van der Waals surface area contributed by atoms with Crippen LogP contribution in [0.4, 0.5) is 31.8 Å². The van der Waals surface area contributed by atoms with Crippen molar-refractivity contribution >= 4 is 84.1 Å². The highest BCUT2D eigenvalue weighted by Gasteiger charge is 2.31. The molecule has 1 amide bonds. The highest BCUT2D eigenvalue weighted by atomic mass is 35.5. The predicted molar refractivity (Wildman–Crippen MR) is 265 cm³/mol. The largest absolute Gasteiger partial charge is 0.493 e. The van der Waals surface area contributed by atoms with Gasteiger partial charge in [-0.3, -0.25) is 4.79 Å². The van der Waals surface area contributed by atoms with Crippen LogP contribution in [0.5, 0.6) is 23.0 Å². The third-order valence-corrected chi connectivity index (χ3v) is 14.0. The highest BCUT2D eigenvalue weighted by Crippen LogP contribution is 2.39. The first kappa shape index (κ1) is 51.4. The molecule has 2 saturated heterocycles. The number of rotatable bonds is 16. The molecule has 2 aromatic heterocycles. The van der Waals surface area contributed by atoms with Crippen LogP contribution in [0, 0.1) is 11.6 Å². The number of anilines is 4. The lowest BCUT2D eigenvalue weighted by Gasteiger charge is -2.32. The zero-order chi connectivity index (χ0) is 49.9. The summed E-state index contributed by atoms with van der Waals surface area (Å²) in [4.78, 5) is 28.5. The first-order valence-electron chi connectivity index (χ1n) is 23.0. The molecule has 0 spiro atoms. The Morgan fingerprint density at radius 1 is 0.704 bits per heavy atom. The fourth-order valence-electron chi connectivity index (χ4n) is 8.12. The molecule has 1 saturated carbocycles. The van der Waals surface area contributed by atoms with Crippen molar-refractivity contribution in [3.8, 4) is 23.0 Å². The van der Waals surface area contributed by atoms with E-state index in [-0.39, 0.29) is 40.8 Å². The lowest BCUT2D eigenvalue weighted by molar-refractivity contribution is -0.119. The molecule has 18 nitrogen and oxygen atoms in total. The molecule has 71 heavy (non-hydrogen) atoms.